The maximum absolute atomic E-state index is 12.9. The van der Waals surface area contributed by atoms with Crippen molar-refractivity contribution in [3.05, 3.63) is 90.0 Å². The summed E-state index contributed by atoms with van der Waals surface area (Å²) in [4.78, 5) is 25.8. The van der Waals surface area contributed by atoms with Crippen molar-refractivity contribution in [2.24, 2.45) is 0 Å². The number of hydrogen-bond acceptors (Lipinski definition) is 4. The third-order valence-corrected chi connectivity index (χ3v) is 5.08. The maximum atomic E-state index is 12.9. The molecule has 0 radical (unpaired) electrons. The smallest absolute Gasteiger partial charge is 0.265 e. The van der Waals surface area contributed by atoms with Gasteiger partial charge in [-0.15, -0.1) is 0 Å². The van der Waals surface area contributed by atoms with Crippen molar-refractivity contribution in [3.8, 4) is 11.5 Å². The van der Waals surface area contributed by atoms with Gasteiger partial charge in [-0.1, -0.05) is 49.4 Å². The van der Waals surface area contributed by atoms with Gasteiger partial charge in [0.2, 0.25) is 0 Å². The molecule has 0 aromatic heterocycles. The molecule has 2 amide bonds. The van der Waals surface area contributed by atoms with E-state index in [0.717, 1.165) is 5.56 Å². The Balaban J connectivity index is 1.69. The second kappa shape index (κ2) is 11.0. The van der Waals surface area contributed by atoms with Gasteiger partial charge in [0.1, 0.15) is 11.5 Å². The predicted octanol–water partition coefficient (Wildman–Crippen LogP) is 4.98. The van der Waals surface area contributed by atoms with Gasteiger partial charge in [-0.3, -0.25) is 9.59 Å². The van der Waals surface area contributed by atoms with E-state index in [9.17, 15) is 9.59 Å². The fraction of sp³-hybridized carbons (Fsp3) is 0.231. The zero-order chi connectivity index (χ0) is 22.9. The van der Waals surface area contributed by atoms with Crippen LogP contribution in [0, 0.1) is 0 Å². The van der Waals surface area contributed by atoms with Crippen molar-refractivity contribution >= 4 is 17.5 Å². The molecule has 3 aromatic carbocycles. The van der Waals surface area contributed by atoms with E-state index < -0.39 is 6.10 Å². The summed E-state index contributed by atoms with van der Waals surface area (Å²) in [5.41, 5.74) is 1.83. The van der Waals surface area contributed by atoms with E-state index in [2.05, 4.69) is 10.6 Å². The Morgan fingerprint density at radius 3 is 2.16 bits per heavy atom. The lowest BCUT2D eigenvalue weighted by atomic mass is 10.1. The van der Waals surface area contributed by atoms with E-state index in [1.165, 1.54) is 0 Å². The van der Waals surface area contributed by atoms with Crippen LogP contribution < -0.4 is 20.1 Å². The molecular formula is C26H28N2O4. The number of nitrogens with one attached hydrogen (secondary N) is 2. The molecule has 0 aliphatic rings. The molecule has 3 rings (SSSR count). The van der Waals surface area contributed by atoms with Crippen LogP contribution in [-0.4, -0.2) is 25.0 Å². The predicted molar refractivity (Wildman–Crippen MR) is 125 cm³/mol. The van der Waals surface area contributed by atoms with E-state index in [-0.39, 0.29) is 17.9 Å². The van der Waals surface area contributed by atoms with Gasteiger partial charge in [0.25, 0.3) is 11.8 Å². The lowest BCUT2D eigenvalue weighted by Gasteiger charge is -2.19. The molecule has 166 valence electrons. The minimum Gasteiger partial charge on any atom is -0.497 e. The number of hydrogen-bond donors (Lipinski definition) is 2. The molecule has 6 nitrogen and oxygen atoms in total. The van der Waals surface area contributed by atoms with Crippen LogP contribution in [0.15, 0.2) is 78.9 Å². The summed E-state index contributed by atoms with van der Waals surface area (Å²) in [6.07, 6.45) is -0.236. The van der Waals surface area contributed by atoms with Crippen LogP contribution in [0.3, 0.4) is 0 Å². The zero-order valence-corrected chi connectivity index (χ0v) is 18.5. The van der Waals surface area contributed by atoms with E-state index in [1.54, 1.807) is 55.6 Å². The Bertz CT molecular complexity index is 1040. The highest BCUT2D eigenvalue weighted by atomic mass is 16.5. The molecule has 0 heterocycles. The van der Waals surface area contributed by atoms with Crippen LogP contribution in [0.2, 0.25) is 0 Å². The summed E-state index contributed by atoms with van der Waals surface area (Å²) in [5.74, 6) is 0.691. The first kappa shape index (κ1) is 22.9. The number of para-hydroxylation sites is 1. The monoisotopic (exact) mass is 432 g/mol. The number of carbonyl (C=O) groups excluding carboxylic acids is 2. The third-order valence-electron chi connectivity index (χ3n) is 5.08. The minimum atomic E-state index is -0.706. The summed E-state index contributed by atoms with van der Waals surface area (Å²) in [7, 11) is 1.59. The molecule has 2 atom stereocenters. The number of rotatable bonds is 9. The lowest BCUT2D eigenvalue weighted by molar-refractivity contribution is -0.122. The number of benzene rings is 3. The highest BCUT2D eigenvalue weighted by Gasteiger charge is 2.21. The number of anilines is 1. The van der Waals surface area contributed by atoms with Gasteiger partial charge in [-0.25, -0.2) is 0 Å². The molecule has 0 spiro atoms. The van der Waals surface area contributed by atoms with Gasteiger partial charge in [-0.2, -0.15) is 0 Å². The second-order valence-corrected chi connectivity index (χ2v) is 7.33. The largest absolute Gasteiger partial charge is 0.497 e. The van der Waals surface area contributed by atoms with Crippen molar-refractivity contribution in [2.75, 3.05) is 12.4 Å². The highest BCUT2D eigenvalue weighted by molar-refractivity contribution is 6.04. The first-order valence-electron chi connectivity index (χ1n) is 10.6. The quantitative estimate of drug-likeness (QED) is 0.500. The first-order valence-corrected chi connectivity index (χ1v) is 10.6. The summed E-state index contributed by atoms with van der Waals surface area (Å²) in [6, 6.07) is 23.5. The maximum Gasteiger partial charge on any atom is 0.265 e. The molecule has 2 N–H and O–H groups in total. The average molecular weight is 433 g/mol. The summed E-state index contributed by atoms with van der Waals surface area (Å²) in [5, 5.41) is 5.84. The Morgan fingerprint density at radius 2 is 1.50 bits per heavy atom. The van der Waals surface area contributed by atoms with E-state index in [4.69, 9.17) is 9.47 Å². The van der Waals surface area contributed by atoms with Crippen LogP contribution in [0.4, 0.5) is 5.69 Å². The molecule has 0 saturated heterocycles. The molecule has 6 heteroatoms. The Kier molecular flexibility index (Phi) is 7.86. The summed E-state index contributed by atoms with van der Waals surface area (Å²) >= 11 is 0. The van der Waals surface area contributed by atoms with Crippen molar-refractivity contribution < 1.29 is 19.1 Å². The summed E-state index contributed by atoms with van der Waals surface area (Å²) in [6.45, 7) is 3.79. The average Bonchev–Trinajstić information content (AvgIpc) is 2.83. The minimum absolute atomic E-state index is 0.172. The Morgan fingerprint density at radius 1 is 0.875 bits per heavy atom. The molecule has 0 bridgehead atoms. The van der Waals surface area contributed by atoms with Crippen molar-refractivity contribution in [2.45, 2.75) is 32.4 Å². The topological polar surface area (TPSA) is 76.7 Å². The number of methoxy groups -OCH3 is 1. The molecule has 0 aliphatic heterocycles. The van der Waals surface area contributed by atoms with Gasteiger partial charge in [0, 0.05) is 0 Å². The Labute approximate surface area is 188 Å². The van der Waals surface area contributed by atoms with E-state index in [1.807, 2.05) is 44.2 Å². The molecule has 0 aliphatic carbocycles. The van der Waals surface area contributed by atoms with Crippen molar-refractivity contribution in [1.82, 2.24) is 5.32 Å². The van der Waals surface area contributed by atoms with Crippen LogP contribution >= 0.6 is 0 Å². The van der Waals surface area contributed by atoms with Crippen molar-refractivity contribution in [1.29, 1.82) is 0 Å². The fourth-order valence-electron chi connectivity index (χ4n) is 3.24. The van der Waals surface area contributed by atoms with Crippen LogP contribution in [-0.2, 0) is 4.79 Å². The molecule has 0 unspecified atom stereocenters. The Hall–Kier alpha value is -3.80. The zero-order valence-electron chi connectivity index (χ0n) is 18.5. The lowest BCUT2D eigenvalue weighted by Crippen LogP contribution is -2.34. The van der Waals surface area contributed by atoms with Gasteiger partial charge in [0.05, 0.1) is 24.4 Å². The second-order valence-electron chi connectivity index (χ2n) is 7.33. The molecular weight excluding hydrogens is 404 g/mol. The number of ether oxygens (including phenoxy) is 2. The van der Waals surface area contributed by atoms with Gasteiger partial charge in [-0.05, 0) is 55.3 Å². The molecule has 3 aromatic rings. The van der Waals surface area contributed by atoms with Gasteiger partial charge in [0.15, 0.2) is 6.10 Å². The standard InChI is InChI=1S/C26H28N2O4/c1-4-24(32-21-16-14-20(31-3)15-17-21)26(30)28-23-13-9-8-12-22(23)25(29)27-18(2)19-10-6-5-7-11-19/h5-18,24H,4H2,1-3H3,(H,27,29)(H,28,30)/t18-,24-/m0/s1. The van der Waals surface area contributed by atoms with E-state index >= 15 is 0 Å². The first-order chi connectivity index (χ1) is 15.5. The van der Waals surface area contributed by atoms with E-state index in [0.29, 0.717) is 29.2 Å². The number of amides is 2. The van der Waals surface area contributed by atoms with Gasteiger partial charge >= 0.3 is 0 Å². The van der Waals surface area contributed by atoms with Crippen LogP contribution in [0.25, 0.3) is 0 Å². The number of carbonyl (C=O) groups is 2. The molecule has 0 saturated carbocycles. The van der Waals surface area contributed by atoms with Crippen molar-refractivity contribution in [3.63, 3.8) is 0 Å². The third kappa shape index (κ3) is 5.88. The van der Waals surface area contributed by atoms with Gasteiger partial charge < -0.3 is 20.1 Å². The highest BCUT2D eigenvalue weighted by Crippen LogP contribution is 2.21. The fourth-order valence-corrected chi connectivity index (χ4v) is 3.24. The van der Waals surface area contributed by atoms with Crippen LogP contribution in [0.5, 0.6) is 11.5 Å². The normalized spacial score (nSPS) is 12.3. The SMILES string of the molecule is CC[C@H](Oc1ccc(OC)cc1)C(=O)Nc1ccccc1C(=O)N[C@@H](C)c1ccccc1. The summed E-state index contributed by atoms with van der Waals surface area (Å²) < 4.78 is 11.0. The molecule has 32 heavy (non-hydrogen) atoms. The van der Waals surface area contributed by atoms with Crippen LogP contribution in [0.1, 0.15) is 42.2 Å². The molecule has 0 fully saturated rings.